The molecule has 1 aromatic heterocycles. The maximum Gasteiger partial charge on any atom is 0.134 e. The number of aliphatic hydroxyl groups excluding tert-OH is 1. The molecule has 0 unspecified atom stereocenters. The predicted molar refractivity (Wildman–Crippen MR) is 81.9 cm³/mol. The molecule has 0 spiro atoms. The molecule has 0 amide bonds. The van der Waals surface area contributed by atoms with Gasteiger partial charge in [-0.1, -0.05) is 23.7 Å². The minimum atomic E-state index is -0.319. The van der Waals surface area contributed by atoms with Gasteiger partial charge >= 0.3 is 0 Å². The fourth-order valence-electron chi connectivity index (χ4n) is 1.76. The first-order valence-electron chi connectivity index (χ1n) is 6.62. The van der Waals surface area contributed by atoms with Gasteiger partial charge in [-0.15, -0.1) is 0 Å². The van der Waals surface area contributed by atoms with Gasteiger partial charge in [-0.2, -0.15) is 0 Å². The van der Waals surface area contributed by atoms with Crippen molar-refractivity contribution in [2.24, 2.45) is 0 Å². The van der Waals surface area contributed by atoms with Gasteiger partial charge in [0.1, 0.15) is 11.5 Å². The average Bonchev–Trinajstić information content (AvgIpc) is 2.89. The minimum Gasteiger partial charge on any atom is -0.460 e. The van der Waals surface area contributed by atoms with E-state index >= 15 is 0 Å². The van der Waals surface area contributed by atoms with Gasteiger partial charge < -0.3 is 14.8 Å². The number of hydrogen-bond acceptors (Lipinski definition) is 3. The zero-order valence-electron chi connectivity index (χ0n) is 12.0. The summed E-state index contributed by atoms with van der Waals surface area (Å²) in [5.41, 5.74) is 1.70. The second kappa shape index (κ2) is 6.00. The van der Waals surface area contributed by atoms with Crippen molar-refractivity contribution < 1.29 is 9.52 Å². The molecule has 0 radical (unpaired) electrons. The number of nitrogens with one attached hydrogen (secondary N) is 1. The van der Waals surface area contributed by atoms with E-state index in [4.69, 9.17) is 16.0 Å². The van der Waals surface area contributed by atoms with E-state index in [2.05, 4.69) is 5.32 Å². The van der Waals surface area contributed by atoms with Gasteiger partial charge in [0.15, 0.2) is 0 Å². The van der Waals surface area contributed by atoms with E-state index in [9.17, 15) is 5.11 Å². The van der Waals surface area contributed by atoms with Crippen molar-refractivity contribution >= 4 is 11.6 Å². The monoisotopic (exact) mass is 293 g/mol. The Kier molecular flexibility index (Phi) is 4.53. The van der Waals surface area contributed by atoms with Crippen LogP contribution in [0, 0.1) is 6.92 Å². The van der Waals surface area contributed by atoms with Crippen LogP contribution in [-0.4, -0.2) is 17.3 Å². The summed E-state index contributed by atoms with van der Waals surface area (Å²) in [6.45, 7) is 6.51. The lowest BCUT2D eigenvalue weighted by Gasteiger charge is -2.22. The third kappa shape index (κ3) is 3.63. The molecule has 108 valence electrons. The van der Waals surface area contributed by atoms with Crippen LogP contribution in [-0.2, 0) is 6.54 Å². The molecule has 0 saturated carbocycles. The maximum absolute atomic E-state index is 9.20. The molecular weight excluding hydrogens is 274 g/mol. The van der Waals surface area contributed by atoms with Gasteiger partial charge in [0.2, 0.25) is 0 Å². The fourth-order valence-corrected chi connectivity index (χ4v) is 1.94. The molecule has 2 aromatic rings. The molecule has 0 saturated heterocycles. The first-order valence-corrected chi connectivity index (χ1v) is 7.00. The highest BCUT2D eigenvalue weighted by molar-refractivity contribution is 6.31. The van der Waals surface area contributed by atoms with E-state index < -0.39 is 0 Å². The molecule has 2 rings (SSSR count). The van der Waals surface area contributed by atoms with E-state index in [-0.39, 0.29) is 12.1 Å². The van der Waals surface area contributed by atoms with Crippen molar-refractivity contribution in [3.05, 3.63) is 46.7 Å². The number of furan rings is 1. The van der Waals surface area contributed by atoms with Crippen molar-refractivity contribution in [2.45, 2.75) is 32.9 Å². The molecule has 0 atom stereocenters. The summed E-state index contributed by atoms with van der Waals surface area (Å²) in [4.78, 5) is 0. The quantitative estimate of drug-likeness (QED) is 0.882. The number of rotatable bonds is 5. The standard InChI is InChI=1S/C16H20ClNO2/c1-11-4-5-12(8-14(11)17)15-7-6-13(20-15)9-18-16(2,3)10-19/h4-8,18-19H,9-10H2,1-3H3. The summed E-state index contributed by atoms with van der Waals surface area (Å²) in [7, 11) is 0. The molecule has 1 heterocycles. The maximum atomic E-state index is 9.20. The second-order valence-corrected chi connectivity index (χ2v) is 6.03. The van der Waals surface area contributed by atoms with Crippen LogP contribution in [0.3, 0.4) is 0 Å². The average molecular weight is 294 g/mol. The Bertz CT molecular complexity index is 590. The van der Waals surface area contributed by atoms with Crippen molar-refractivity contribution in [3.8, 4) is 11.3 Å². The summed E-state index contributed by atoms with van der Waals surface area (Å²) in [5, 5.41) is 13.2. The number of hydrogen-bond donors (Lipinski definition) is 2. The summed E-state index contributed by atoms with van der Waals surface area (Å²) in [6, 6.07) is 9.75. The topological polar surface area (TPSA) is 45.4 Å². The number of benzene rings is 1. The third-order valence-corrected chi connectivity index (χ3v) is 3.66. The van der Waals surface area contributed by atoms with Crippen molar-refractivity contribution in [1.29, 1.82) is 0 Å². The minimum absolute atomic E-state index is 0.0775. The molecular formula is C16H20ClNO2. The molecule has 0 aliphatic carbocycles. The van der Waals surface area contributed by atoms with Gasteiger partial charge in [-0.25, -0.2) is 0 Å². The lowest BCUT2D eigenvalue weighted by molar-refractivity contribution is 0.184. The van der Waals surface area contributed by atoms with Crippen LogP contribution < -0.4 is 5.32 Å². The van der Waals surface area contributed by atoms with E-state index in [0.29, 0.717) is 6.54 Å². The highest BCUT2D eigenvalue weighted by Crippen LogP contribution is 2.27. The van der Waals surface area contributed by atoms with Crippen LogP contribution in [0.1, 0.15) is 25.2 Å². The Morgan fingerprint density at radius 1 is 1.25 bits per heavy atom. The zero-order valence-corrected chi connectivity index (χ0v) is 12.8. The Morgan fingerprint density at radius 2 is 2.00 bits per heavy atom. The molecule has 4 heteroatoms. The molecule has 2 N–H and O–H groups in total. The SMILES string of the molecule is Cc1ccc(-c2ccc(CNC(C)(C)CO)o2)cc1Cl. The summed E-state index contributed by atoms with van der Waals surface area (Å²) in [6.07, 6.45) is 0. The first kappa shape index (κ1) is 15.1. The van der Waals surface area contributed by atoms with Gasteiger partial charge in [-0.05, 0) is 44.5 Å². The zero-order chi connectivity index (χ0) is 14.8. The van der Waals surface area contributed by atoms with E-state index in [1.807, 2.05) is 51.1 Å². The Hall–Kier alpha value is -1.29. The molecule has 20 heavy (non-hydrogen) atoms. The van der Waals surface area contributed by atoms with E-state index in [1.165, 1.54) is 0 Å². The van der Waals surface area contributed by atoms with Crippen LogP contribution in [0.5, 0.6) is 0 Å². The van der Waals surface area contributed by atoms with Crippen LogP contribution >= 0.6 is 11.6 Å². The molecule has 0 aliphatic rings. The normalized spacial score (nSPS) is 11.8. The highest BCUT2D eigenvalue weighted by Gasteiger charge is 2.16. The highest BCUT2D eigenvalue weighted by atomic mass is 35.5. The molecule has 3 nitrogen and oxygen atoms in total. The number of aryl methyl sites for hydroxylation is 1. The Balaban J connectivity index is 2.10. The van der Waals surface area contributed by atoms with Crippen molar-refractivity contribution in [2.75, 3.05) is 6.61 Å². The van der Waals surface area contributed by atoms with Gasteiger partial charge in [0, 0.05) is 16.1 Å². The van der Waals surface area contributed by atoms with E-state index in [1.54, 1.807) is 0 Å². The van der Waals surface area contributed by atoms with Crippen molar-refractivity contribution in [3.63, 3.8) is 0 Å². The summed E-state index contributed by atoms with van der Waals surface area (Å²) in [5.74, 6) is 1.63. The number of aliphatic hydroxyl groups is 1. The first-order chi connectivity index (χ1) is 9.41. The molecule has 0 fully saturated rings. The van der Waals surface area contributed by atoms with Crippen LogP contribution in [0.15, 0.2) is 34.7 Å². The lowest BCUT2D eigenvalue weighted by atomic mass is 10.1. The van der Waals surface area contributed by atoms with E-state index in [0.717, 1.165) is 27.7 Å². The van der Waals surface area contributed by atoms with Gasteiger partial charge in [0.05, 0.1) is 13.2 Å². The Morgan fingerprint density at radius 3 is 2.65 bits per heavy atom. The molecule has 1 aromatic carbocycles. The lowest BCUT2D eigenvalue weighted by Crippen LogP contribution is -2.41. The van der Waals surface area contributed by atoms with Crippen LogP contribution in [0.2, 0.25) is 5.02 Å². The fraction of sp³-hybridized carbons (Fsp3) is 0.375. The van der Waals surface area contributed by atoms with Crippen molar-refractivity contribution in [1.82, 2.24) is 5.32 Å². The summed E-state index contributed by atoms with van der Waals surface area (Å²) < 4.78 is 5.80. The van der Waals surface area contributed by atoms with Crippen LogP contribution in [0.4, 0.5) is 0 Å². The van der Waals surface area contributed by atoms with Crippen LogP contribution in [0.25, 0.3) is 11.3 Å². The molecule has 0 aliphatic heterocycles. The van der Waals surface area contributed by atoms with Gasteiger partial charge in [0.25, 0.3) is 0 Å². The second-order valence-electron chi connectivity index (χ2n) is 5.63. The largest absolute Gasteiger partial charge is 0.460 e. The van der Waals surface area contributed by atoms with Gasteiger partial charge in [-0.3, -0.25) is 0 Å². The molecule has 0 bridgehead atoms. The third-order valence-electron chi connectivity index (χ3n) is 3.25. The predicted octanol–water partition coefficient (Wildman–Crippen LogP) is 3.77. The Labute approximate surface area is 124 Å². The number of halogens is 1. The summed E-state index contributed by atoms with van der Waals surface area (Å²) >= 11 is 6.13. The smallest absolute Gasteiger partial charge is 0.134 e.